The fraction of sp³-hybridized carbons (Fsp3) is 0.263. The van der Waals surface area contributed by atoms with Gasteiger partial charge in [-0.25, -0.2) is 0 Å². The number of hydrogen-bond acceptors (Lipinski definition) is 2. The highest BCUT2D eigenvalue weighted by Gasteiger charge is 2.00. The first-order valence-corrected chi connectivity index (χ1v) is 7.08. The summed E-state index contributed by atoms with van der Waals surface area (Å²) in [5, 5.41) is 8.69. The van der Waals surface area contributed by atoms with Gasteiger partial charge in [0.2, 0.25) is 0 Å². The molecule has 2 aromatic rings. The van der Waals surface area contributed by atoms with Crippen LogP contribution >= 0.6 is 0 Å². The third-order valence-electron chi connectivity index (χ3n) is 3.22. The van der Waals surface area contributed by atoms with E-state index < -0.39 is 0 Å². The van der Waals surface area contributed by atoms with Crippen molar-refractivity contribution >= 4 is 0 Å². The first kappa shape index (κ1) is 15.2. The number of ether oxygens (including phenoxy) is 1. The Balaban J connectivity index is 1.98. The summed E-state index contributed by atoms with van der Waals surface area (Å²) in [6, 6.07) is 14.1. The summed E-state index contributed by atoms with van der Waals surface area (Å²) >= 11 is 0. The van der Waals surface area contributed by atoms with Gasteiger partial charge in [-0.3, -0.25) is 0 Å². The molecule has 0 unspecified atom stereocenters. The molecule has 0 saturated carbocycles. The minimum absolute atomic E-state index is 0.101. The predicted molar refractivity (Wildman–Crippen MR) is 85.3 cm³/mol. The number of hydrogen-bond donors (Lipinski definition) is 1. The highest BCUT2D eigenvalue weighted by molar-refractivity contribution is 5.38. The van der Waals surface area contributed by atoms with Crippen molar-refractivity contribution in [2.45, 2.75) is 26.9 Å². The number of rotatable bonds is 4. The average molecular weight is 280 g/mol. The lowest BCUT2D eigenvalue weighted by Crippen LogP contribution is -1.98. The highest BCUT2D eigenvalue weighted by atomic mass is 16.5. The maximum absolute atomic E-state index is 8.69. The SMILES string of the molecule is Cc1ccc(C)c(COc2ccc(C#CCCO)cc2)c1. The van der Waals surface area contributed by atoms with E-state index in [4.69, 9.17) is 9.84 Å². The van der Waals surface area contributed by atoms with Crippen LogP contribution in [0.4, 0.5) is 0 Å². The van der Waals surface area contributed by atoms with Gasteiger partial charge in [0.25, 0.3) is 0 Å². The van der Waals surface area contributed by atoms with Crippen LogP contribution in [-0.2, 0) is 6.61 Å². The number of benzene rings is 2. The summed E-state index contributed by atoms with van der Waals surface area (Å²) in [6.45, 7) is 4.86. The molecule has 21 heavy (non-hydrogen) atoms. The average Bonchev–Trinajstić information content (AvgIpc) is 2.50. The number of aryl methyl sites for hydroxylation is 2. The molecular formula is C19H20O2. The minimum Gasteiger partial charge on any atom is -0.489 e. The summed E-state index contributed by atoms with van der Waals surface area (Å²) in [6.07, 6.45) is 0.505. The van der Waals surface area contributed by atoms with Crippen molar-refractivity contribution in [3.8, 4) is 17.6 Å². The number of aliphatic hydroxyl groups excluding tert-OH is 1. The Morgan fingerprint density at radius 2 is 1.81 bits per heavy atom. The summed E-state index contributed by atoms with van der Waals surface area (Å²) in [5.41, 5.74) is 4.63. The predicted octanol–water partition coefficient (Wildman–Crippen LogP) is 3.62. The maximum Gasteiger partial charge on any atom is 0.119 e. The van der Waals surface area contributed by atoms with Gasteiger partial charge in [0.1, 0.15) is 12.4 Å². The standard InChI is InChI=1S/C19H20O2/c1-15-6-7-16(2)18(13-15)14-21-19-10-8-17(9-11-19)5-3-4-12-20/h6-11,13,20H,4,12,14H2,1-2H3. The molecule has 108 valence electrons. The smallest absolute Gasteiger partial charge is 0.119 e. The molecule has 0 amide bonds. The van der Waals surface area contributed by atoms with E-state index in [2.05, 4.69) is 43.9 Å². The van der Waals surface area contributed by atoms with Crippen LogP contribution in [0.2, 0.25) is 0 Å². The molecule has 0 aliphatic carbocycles. The van der Waals surface area contributed by atoms with Crippen molar-refractivity contribution in [1.29, 1.82) is 0 Å². The van der Waals surface area contributed by atoms with Gasteiger partial charge in [-0.15, -0.1) is 0 Å². The molecule has 2 heteroatoms. The van der Waals surface area contributed by atoms with Gasteiger partial charge < -0.3 is 9.84 Å². The molecular weight excluding hydrogens is 260 g/mol. The fourth-order valence-corrected chi connectivity index (χ4v) is 1.97. The van der Waals surface area contributed by atoms with E-state index in [0.29, 0.717) is 13.0 Å². The normalized spacial score (nSPS) is 9.86. The van der Waals surface area contributed by atoms with E-state index in [0.717, 1.165) is 11.3 Å². The second-order valence-corrected chi connectivity index (χ2v) is 5.02. The second kappa shape index (κ2) is 7.52. The zero-order valence-electron chi connectivity index (χ0n) is 12.5. The van der Waals surface area contributed by atoms with Crippen LogP contribution in [-0.4, -0.2) is 11.7 Å². The summed E-state index contributed by atoms with van der Waals surface area (Å²) in [4.78, 5) is 0. The van der Waals surface area contributed by atoms with E-state index in [1.165, 1.54) is 16.7 Å². The molecule has 0 bridgehead atoms. The third kappa shape index (κ3) is 4.66. The number of aliphatic hydroxyl groups is 1. The van der Waals surface area contributed by atoms with E-state index in [-0.39, 0.29) is 6.61 Å². The van der Waals surface area contributed by atoms with Crippen molar-refractivity contribution in [2.24, 2.45) is 0 Å². The van der Waals surface area contributed by atoms with E-state index in [1.54, 1.807) is 0 Å². The van der Waals surface area contributed by atoms with E-state index in [9.17, 15) is 0 Å². The van der Waals surface area contributed by atoms with Crippen LogP contribution in [0.15, 0.2) is 42.5 Å². The molecule has 0 fully saturated rings. The maximum atomic E-state index is 8.69. The van der Waals surface area contributed by atoms with Crippen LogP contribution in [0.25, 0.3) is 0 Å². The van der Waals surface area contributed by atoms with Crippen molar-refractivity contribution in [1.82, 2.24) is 0 Å². The monoisotopic (exact) mass is 280 g/mol. The molecule has 0 spiro atoms. The second-order valence-electron chi connectivity index (χ2n) is 5.02. The summed E-state index contributed by atoms with van der Waals surface area (Å²) < 4.78 is 5.82. The van der Waals surface area contributed by atoms with Crippen LogP contribution in [0.3, 0.4) is 0 Å². The van der Waals surface area contributed by atoms with Gasteiger partial charge in [0.15, 0.2) is 0 Å². The van der Waals surface area contributed by atoms with Gasteiger partial charge in [0.05, 0.1) is 6.61 Å². The lowest BCUT2D eigenvalue weighted by Gasteiger charge is -2.09. The Morgan fingerprint density at radius 3 is 2.52 bits per heavy atom. The molecule has 0 aliphatic heterocycles. The highest BCUT2D eigenvalue weighted by Crippen LogP contribution is 2.16. The molecule has 2 nitrogen and oxygen atoms in total. The lowest BCUT2D eigenvalue weighted by molar-refractivity contribution is 0.305. The Kier molecular flexibility index (Phi) is 5.43. The Morgan fingerprint density at radius 1 is 1.05 bits per heavy atom. The molecule has 2 rings (SSSR count). The Bertz CT molecular complexity index is 646. The minimum atomic E-state index is 0.101. The largest absolute Gasteiger partial charge is 0.489 e. The topological polar surface area (TPSA) is 29.5 Å². The third-order valence-corrected chi connectivity index (χ3v) is 3.22. The zero-order valence-corrected chi connectivity index (χ0v) is 12.5. The molecule has 0 radical (unpaired) electrons. The van der Waals surface area contributed by atoms with Crippen LogP contribution in [0.5, 0.6) is 5.75 Å². The Hall–Kier alpha value is -2.24. The first-order valence-electron chi connectivity index (χ1n) is 7.08. The van der Waals surface area contributed by atoms with Crippen molar-refractivity contribution in [2.75, 3.05) is 6.61 Å². The fourth-order valence-electron chi connectivity index (χ4n) is 1.97. The molecule has 0 aliphatic rings. The zero-order chi connectivity index (χ0) is 15.1. The first-order chi connectivity index (χ1) is 10.2. The van der Waals surface area contributed by atoms with Gasteiger partial charge in [-0.1, -0.05) is 35.6 Å². The van der Waals surface area contributed by atoms with Crippen molar-refractivity contribution in [3.63, 3.8) is 0 Å². The molecule has 0 saturated heterocycles. The summed E-state index contributed by atoms with van der Waals surface area (Å²) in [5.74, 6) is 6.74. The van der Waals surface area contributed by atoms with Gasteiger partial charge >= 0.3 is 0 Å². The molecule has 0 aromatic heterocycles. The van der Waals surface area contributed by atoms with Gasteiger partial charge in [-0.2, -0.15) is 0 Å². The lowest BCUT2D eigenvalue weighted by atomic mass is 10.1. The van der Waals surface area contributed by atoms with Crippen LogP contribution in [0.1, 0.15) is 28.7 Å². The van der Waals surface area contributed by atoms with Gasteiger partial charge in [0, 0.05) is 12.0 Å². The molecule has 2 aromatic carbocycles. The Labute approximate surface area is 126 Å². The van der Waals surface area contributed by atoms with Gasteiger partial charge in [-0.05, 0) is 49.2 Å². The van der Waals surface area contributed by atoms with Crippen molar-refractivity contribution in [3.05, 3.63) is 64.7 Å². The van der Waals surface area contributed by atoms with E-state index >= 15 is 0 Å². The van der Waals surface area contributed by atoms with E-state index in [1.807, 2.05) is 24.3 Å². The molecule has 0 atom stereocenters. The summed E-state index contributed by atoms with van der Waals surface area (Å²) in [7, 11) is 0. The van der Waals surface area contributed by atoms with Crippen LogP contribution < -0.4 is 4.74 Å². The van der Waals surface area contributed by atoms with Crippen LogP contribution in [0, 0.1) is 25.7 Å². The van der Waals surface area contributed by atoms with Crippen molar-refractivity contribution < 1.29 is 9.84 Å². The quantitative estimate of drug-likeness (QED) is 0.867. The molecule has 0 heterocycles. The molecule has 1 N–H and O–H groups in total.